The highest BCUT2D eigenvalue weighted by atomic mass is 16.3. The highest BCUT2D eigenvalue weighted by molar-refractivity contribution is 6.71. The van der Waals surface area contributed by atoms with Crippen molar-refractivity contribution >= 4 is 180 Å². The van der Waals surface area contributed by atoms with Crippen molar-refractivity contribution in [1.82, 2.24) is 0 Å². The van der Waals surface area contributed by atoms with Crippen molar-refractivity contribution in [3.63, 3.8) is 0 Å². The summed E-state index contributed by atoms with van der Waals surface area (Å²) in [5, 5.41) is 6.32. The number of hydrogen-bond acceptors (Lipinski definition) is 2. The van der Waals surface area contributed by atoms with Gasteiger partial charge >= 0.3 is 0 Å². The van der Waals surface area contributed by atoms with Gasteiger partial charge in [0.2, 0.25) is 0 Å². The lowest BCUT2D eigenvalue weighted by atomic mass is 9.56. The van der Waals surface area contributed by atoms with Gasteiger partial charge in [-0.05, 0) is 80.4 Å². The number of hydrogen-bond donors (Lipinski definition) is 0. The van der Waals surface area contributed by atoms with Gasteiger partial charge in [-0.3, -0.25) is 0 Å². The largest absolute Gasteiger partial charge is 0.455 e. The van der Waals surface area contributed by atoms with Crippen molar-refractivity contribution in [1.29, 1.82) is 0 Å². The van der Waals surface area contributed by atoms with Gasteiger partial charge in [0.15, 0.2) is 0 Å². The first-order valence-corrected chi connectivity index (χ1v) is 19.6. The highest BCUT2D eigenvalue weighted by Gasteiger charge is 2.26. The molecule has 0 atom stereocenters. The molecule has 2 nitrogen and oxygen atoms in total. The summed E-state index contributed by atoms with van der Waals surface area (Å²) >= 11 is 0. The fourth-order valence-corrected chi connectivity index (χ4v) is 8.70. The van der Waals surface area contributed by atoms with Crippen LogP contribution in [-0.2, 0) is 0 Å². The molecule has 0 aliphatic carbocycles. The Morgan fingerprint density at radius 2 is 0.934 bits per heavy atom. The van der Waals surface area contributed by atoms with Gasteiger partial charge in [0.1, 0.15) is 81.8 Å². The Balaban J connectivity index is 1.26. The second-order valence-electron chi connectivity index (χ2n) is 15.2. The summed E-state index contributed by atoms with van der Waals surface area (Å²) in [4.78, 5) is 2.00. The van der Waals surface area contributed by atoms with E-state index in [1.54, 1.807) is 0 Å². The summed E-state index contributed by atoms with van der Waals surface area (Å²) in [5.74, 6) is 0. The third-order valence-electron chi connectivity index (χ3n) is 11.8. The molecule has 0 amide bonds. The van der Waals surface area contributed by atoms with Gasteiger partial charge in [-0.25, -0.2) is 0 Å². The predicted molar refractivity (Wildman–Crippen MR) is 268 cm³/mol. The number of furan rings is 1. The van der Waals surface area contributed by atoms with E-state index in [0.29, 0.717) is 5.69 Å². The SMILES string of the molecule is [B]c1c([B])c([B])c(-c2c([B])c([B])c(N(c3cccc(-c4ccc5ccccc5c4)c3)c3ccccc3-c3cccc4oc5c6ccccc6ccc5c34)c([B])c2[B])c([B])c1[B]. The molecule has 0 unspecified atom stereocenters. The molecule has 1 aromatic heterocycles. The fourth-order valence-electron chi connectivity index (χ4n) is 8.70. The lowest BCUT2D eigenvalue weighted by molar-refractivity contribution is 0.673. The summed E-state index contributed by atoms with van der Waals surface area (Å²) in [7, 11) is 60.3. The normalized spacial score (nSPS) is 11.5. The lowest BCUT2D eigenvalue weighted by Crippen LogP contribution is -2.57. The number of fused-ring (bicyclic) bond motifs is 6. The van der Waals surface area contributed by atoms with Crippen molar-refractivity contribution in [3.8, 4) is 33.4 Å². The average Bonchev–Trinajstić information content (AvgIpc) is 3.69. The van der Waals surface area contributed by atoms with E-state index in [-0.39, 0.29) is 60.3 Å². The Morgan fingerprint density at radius 3 is 1.67 bits per heavy atom. The van der Waals surface area contributed by atoms with E-state index in [1.807, 2.05) is 71.6 Å². The van der Waals surface area contributed by atoms with E-state index in [1.165, 1.54) is 0 Å². The van der Waals surface area contributed by atoms with Crippen LogP contribution in [0, 0.1) is 0 Å². The molecule has 10 rings (SSSR count). The van der Waals surface area contributed by atoms with Crippen LogP contribution >= 0.6 is 0 Å². The zero-order chi connectivity index (χ0) is 42.3. The molecule has 0 bridgehead atoms. The molecule has 11 heteroatoms. The predicted octanol–water partition coefficient (Wildman–Crippen LogP) is 3.51. The van der Waals surface area contributed by atoms with Crippen LogP contribution in [-0.4, -0.2) is 70.6 Å². The molecule has 0 saturated heterocycles. The molecule has 10 aromatic rings. The number of para-hydroxylation sites is 1. The van der Waals surface area contributed by atoms with Gasteiger partial charge in [0, 0.05) is 33.1 Å². The Bertz CT molecular complexity index is 3390. The molecule has 0 fully saturated rings. The second kappa shape index (κ2) is 15.0. The molecule has 18 radical (unpaired) electrons. The molecule has 0 aliphatic rings. The minimum Gasteiger partial charge on any atom is -0.455 e. The van der Waals surface area contributed by atoms with Crippen molar-refractivity contribution in [2.24, 2.45) is 0 Å². The van der Waals surface area contributed by atoms with Gasteiger partial charge in [0.25, 0.3) is 0 Å². The zero-order valence-corrected chi connectivity index (χ0v) is 32.9. The smallest absolute Gasteiger partial charge is 0.143 e. The number of benzene rings is 9. The molecule has 9 aromatic carbocycles. The quantitative estimate of drug-likeness (QED) is 0.242. The first-order chi connectivity index (χ1) is 29.5. The molecule has 0 aliphatic heterocycles. The summed E-state index contributed by atoms with van der Waals surface area (Å²) in [5.41, 5.74) is 8.19. The number of rotatable bonds is 6. The van der Waals surface area contributed by atoms with Crippen LogP contribution in [0.3, 0.4) is 0 Å². The molecule has 0 N–H and O–H groups in total. The van der Waals surface area contributed by atoms with Crippen LogP contribution in [0.1, 0.15) is 0 Å². The van der Waals surface area contributed by atoms with E-state index in [4.69, 9.17) is 75.0 Å². The van der Waals surface area contributed by atoms with Crippen LogP contribution in [0.15, 0.2) is 150 Å². The summed E-state index contributed by atoms with van der Waals surface area (Å²) in [6.07, 6.45) is 0. The monoisotopic (exact) mass is 753 g/mol. The summed E-state index contributed by atoms with van der Waals surface area (Å²) in [6, 6.07) is 49.4. The lowest BCUT2D eigenvalue weighted by Gasteiger charge is -2.35. The molecular formula is C50H24B9NO. The topological polar surface area (TPSA) is 16.4 Å². The van der Waals surface area contributed by atoms with Crippen molar-refractivity contribution in [3.05, 3.63) is 146 Å². The molecule has 262 valence electrons. The summed E-state index contributed by atoms with van der Waals surface area (Å²) < 4.78 is 6.63. The van der Waals surface area contributed by atoms with Crippen molar-refractivity contribution in [2.45, 2.75) is 0 Å². The standard InChI is InChI=1S/C50H24B9NO/c51-40-38(41(52)45(56)46(57)44(40)55)39-42(53)47(58)49(48(59)43(39)54)60(30-13-7-12-28(24-30)29-20-19-25-9-1-2-11-27(25)23-29)35-17-6-5-15-32(35)33-16-8-18-36-37(33)34-22-21-26-10-3-4-14-31(26)50(34)61-36/h1-24H. The van der Waals surface area contributed by atoms with Gasteiger partial charge in [-0.15, -0.1) is 16.4 Å². The second-order valence-corrected chi connectivity index (χ2v) is 15.2. The average molecular weight is 752 g/mol. The number of nitrogens with zero attached hydrogens (tertiary/aromatic N) is 1. The van der Waals surface area contributed by atoms with Crippen LogP contribution in [0.5, 0.6) is 0 Å². The van der Waals surface area contributed by atoms with E-state index in [2.05, 4.69) is 78.9 Å². The molecule has 1 heterocycles. The van der Waals surface area contributed by atoms with Crippen LogP contribution in [0.4, 0.5) is 17.1 Å². The van der Waals surface area contributed by atoms with Crippen LogP contribution in [0.25, 0.3) is 76.9 Å². The zero-order valence-electron chi connectivity index (χ0n) is 32.9. The van der Waals surface area contributed by atoms with Gasteiger partial charge in [0.05, 0.1) is 5.69 Å². The maximum Gasteiger partial charge on any atom is 0.143 e. The molecule has 61 heavy (non-hydrogen) atoms. The maximum absolute atomic E-state index is 7.19. The van der Waals surface area contributed by atoms with Gasteiger partial charge in [-0.1, -0.05) is 142 Å². The van der Waals surface area contributed by atoms with E-state index in [9.17, 15) is 0 Å². The van der Waals surface area contributed by atoms with Crippen molar-refractivity contribution in [2.75, 3.05) is 4.90 Å². The first kappa shape index (κ1) is 38.9. The molecular weight excluding hydrogens is 728 g/mol. The van der Waals surface area contributed by atoms with Crippen LogP contribution < -0.4 is 54.1 Å². The summed E-state index contributed by atoms with van der Waals surface area (Å²) in [6.45, 7) is 0. The molecule has 0 saturated carbocycles. The van der Waals surface area contributed by atoms with Crippen LogP contribution in [0.2, 0.25) is 0 Å². The van der Waals surface area contributed by atoms with E-state index >= 15 is 0 Å². The number of anilines is 3. The maximum atomic E-state index is 7.19. The Morgan fingerprint density at radius 1 is 0.377 bits per heavy atom. The fraction of sp³-hybridized carbons (Fsp3) is 0. The Labute approximate surface area is 366 Å². The third kappa shape index (κ3) is 6.15. The Kier molecular flexibility index (Phi) is 9.55. The minimum atomic E-state index is 0.0386. The van der Waals surface area contributed by atoms with Crippen molar-refractivity contribution < 1.29 is 4.42 Å². The first-order valence-electron chi connectivity index (χ1n) is 19.6. The highest BCUT2D eigenvalue weighted by Crippen LogP contribution is 2.45. The van der Waals surface area contributed by atoms with Gasteiger partial charge in [-0.2, -0.15) is 0 Å². The third-order valence-corrected chi connectivity index (χ3v) is 11.8. The van der Waals surface area contributed by atoms with E-state index in [0.717, 1.165) is 77.1 Å². The van der Waals surface area contributed by atoms with Gasteiger partial charge < -0.3 is 9.32 Å². The molecule has 0 spiro atoms. The van der Waals surface area contributed by atoms with E-state index < -0.39 is 0 Å². The minimum absolute atomic E-state index is 0.0386. The Hall–Kier alpha value is -6.32.